The van der Waals surface area contributed by atoms with E-state index in [9.17, 15) is 9.18 Å². The number of carbonyl (C=O) groups excluding carboxylic acids is 1. The highest BCUT2D eigenvalue weighted by molar-refractivity contribution is 5.82. The second-order valence-corrected chi connectivity index (χ2v) is 3.08. The first-order chi connectivity index (χ1) is 5.74. The van der Waals surface area contributed by atoms with Crippen molar-refractivity contribution in [2.24, 2.45) is 0 Å². The predicted octanol–water partition coefficient (Wildman–Crippen LogP) is 0.213. The lowest BCUT2D eigenvalue weighted by molar-refractivity contribution is -0.122. The zero-order valence-corrected chi connectivity index (χ0v) is 7.27. The van der Waals surface area contributed by atoms with E-state index in [0.29, 0.717) is 19.5 Å². The van der Waals surface area contributed by atoms with Crippen molar-refractivity contribution in [3.05, 3.63) is 0 Å². The third kappa shape index (κ3) is 2.44. The zero-order valence-electron chi connectivity index (χ0n) is 7.27. The molecule has 0 radical (unpaired) electrons. The van der Waals surface area contributed by atoms with Crippen LogP contribution in [0.15, 0.2) is 0 Å². The van der Waals surface area contributed by atoms with Crippen LogP contribution in [-0.4, -0.2) is 31.2 Å². The average molecular weight is 174 g/mol. The van der Waals surface area contributed by atoms with Crippen molar-refractivity contribution in [3.8, 4) is 0 Å². The largest absolute Gasteiger partial charge is 0.355 e. The van der Waals surface area contributed by atoms with Gasteiger partial charge in [-0.05, 0) is 6.42 Å². The SMILES string of the molecule is CCCNC(=O)[C@@H]1C[C@H](F)CN1. The number of hydrogen-bond donors (Lipinski definition) is 2. The molecule has 0 aliphatic carbocycles. The van der Waals surface area contributed by atoms with Crippen molar-refractivity contribution < 1.29 is 9.18 Å². The van der Waals surface area contributed by atoms with Crippen molar-refractivity contribution in [3.63, 3.8) is 0 Å². The quantitative estimate of drug-likeness (QED) is 0.642. The lowest BCUT2D eigenvalue weighted by Gasteiger charge is -2.09. The van der Waals surface area contributed by atoms with Gasteiger partial charge in [0.15, 0.2) is 0 Å². The Labute approximate surface area is 71.7 Å². The Kier molecular flexibility index (Phi) is 3.47. The molecular formula is C8H15FN2O. The number of alkyl halides is 1. The van der Waals surface area contributed by atoms with Crippen LogP contribution in [0, 0.1) is 0 Å². The Bertz CT molecular complexity index is 163. The minimum absolute atomic E-state index is 0.0722. The highest BCUT2D eigenvalue weighted by Crippen LogP contribution is 2.09. The molecule has 0 aromatic carbocycles. The Balaban J connectivity index is 2.23. The van der Waals surface area contributed by atoms with E-state index in [1.807, 2.05) is 6.92 Å². The second-order valence-electron chi connectivity index (χ2n) is 3.08. The fraction of sp³-hybridized carbons (Fsp3) is 0.875. The summed E-state index contributed by atoms with van der Waals surface area (Å²) in [4.78, 5) is 11.2. The van der Waals surface area contributed by atoms with Crippen LogP contribution in [0.3, 0.4) is 0 Å². The van der Waals surface area contributed by atoms with E-state index in [4.69, 9.17) is 0 Å². The smallest absolute Gasteiger partial charge is 0.237 e. The Morgan fingerprint density at radius 1 is 1.75 bits per heavy atom. The number of amides is 1. The maximum Gasteiger partial charge on any atom is 0.237 e. The highest BCUT2D eigenvalue weighted by Gasteiger charge is 2.28. The van der Waals surface area contributed by atoms with Crippen LogP contribution in [-0.2, 0) is 4.79 Å². The Morgan fingerprint density at radius 2 is 2.50 bits per heavy atom. The van der Waals surface area contributed by atoms with Gasteiger partial charge >= 0.3 is 0 Å². The molecule has 3 nitrogen and oxygen atoms in total. The third-order valence-electron chi connectivity index (χ3n) is 1.94. The highest BCUT2D eigenvalue weighted by atomic mass is 19.1. The molecule has 1 saturated heterocycles. The van der Waals surface area contributed by atoms with Crippen molar-refractivity contribution in [1.29, 1.82) is 0 Å². The summed E-state index contributed by atoms with van der Waals surface area (Å²) < 4.78 is 12.6. The van der Waals surface area contributed by atoms with Gasteiger partial charge in [0.25, 0.3) is 0 Å². The van der Waals surface area contributed by atoms with Gasteiger partial charge in [0.2, 0.25) is 5.91 Å². The first kappa shape index (κ1) is 9.45. The summed E-state index contributed by atoms with van der Waals surface area (Å²) in [5.41, 5.74) is 0. The maximum absolute atomic E-state index is 12.6. The lowest BCUT2D eigenvalue weighted by atomic mass is 10.2. The number of hydrogen-bond acceptors (Lipinski definition) is 2. The van der Waals surface area contributed by atoms with Gasteiger partial charge in [-0.15, -0.1) is 0 Å². The van der Waals surface area contributed by atoms with E-state index in [0.717, 1.165) is 6.42 Å². The first-order valence-electron chi connectivity index (χ1n) is 4.39. The molecule has 4 heteroatoms. The van der Waals surface area contributed by atoms with Crippen LogP contribution in [0.5, 0.6) is 0 Å². The average Bonchev–Trinajstić information content (AvgIpc) is 2.47. The molecule has 0 bridgehead atoms. The van der Waals surface area contributed by atoms with Crippen LogP contribution in [0.1, 0.15) is 19.8 Å². The van der Waals surface area contributed by atoms with E-state index in [1.165, 1.54) is 0 Å². The molecule has 1 amide bonds. The molecule has 1 rings (SSSR count). The van der Waals surface area contributed by atoms with Crippen LogP contribution in [0.2, 0.25) is 0 Å². The van der Waals surface area contributed by atoms with E-state index in [1.54, 1.807) is 0 Å². The summed E-state index contributed by atoms with van der Waals surface area (Å²) in [6.07, 6.45) is 0.370. The molecule has 2 atom stereocenters. The summed E-state index contributed by atoms with van der Waals surface area (Å²) >= 11 is 0. The van der Waals surface area contributed by atoms with Gasteiger partial charge in [-0.25, -0.2) is 4.39 Å². The molecular weight excluding hydrogens is 159 g/mol. The van der Waals surface area contributed by atoms with Crippen LogP contribution < -0.4 is 10.6 Å². The van der Waals surface area contributed by atoms with Crippen LogP contribution in [0.25, 0.3) is 0 Å². The van der Waals surface area contributed by atoms with Crippen LogP contribution in [0.4, 0.5) is 4.39 Å². The van der Waals surface area contributed by atoms with Gasteiger partial charge in [-0.2, -0.15) is 0 Å². The summed E-state index contributed by atoms with van der Waals surface area (Å²) in [6.45, 7) is 2.97. The summed E-state index contributed by atoms with van der Waals surface area (Å²) in [5, 5.41) is 5.55. The number of rotatable bonds is 3. The lowest BCUT2D eigenvalue weighted by Crippen LogP contribution is -2.40. The second kappa shape index (κ2) is 4.40. The molecule has 0 aromatic rings. The van der Waals surface area contributed by atoms with Gasteiger partial charge in [0.1, 0.15) is 6.17 Å². The summed E-state index contributed by atoms with van der Waals surface area (Å²) in [7, 11) is 0. The summed E-state index contributed by atoms with van der Waals surface area (Å²) in [5.74, 6) is -0.0722. The van der Waals surface area contributed by atoms with E-state index in [2.05, 4.69) is 10.6 Å². The van der Waals surface area contributed by atoms with Gasteiger partial charge in [-0.3, -0.25) is 4.79 Å². The maximum atomic E-state index is 12.6. The van der Waals surface area contributed by atoms with Gasteiger partial charge in [0, 0.05) is 19.5 Å². The molecule has 2 N–H and O–H groups in total. The molecule has 0 unspecified atom stereocenters. The van der Waals surface area contributed by atoms with Crippen molar-refractivity contribution in [2.75, 3.05) is 13.1 Å². The van der Waals surface area contributed by atoms with Crippen molar-refractivity contribution in [2.45, 2.75) is 32.0 Å². The Morgan fingerprint density at radius 3 is 3.00 bits per heavy atom. The molecule has 70 valence electrons. The van der Waals surface area contributed by atoms with E-state index < -0.39 is 6.17 Å². The molecule has 0 aromatic heterocycles. The predicted molar refractivity (Wildman–Crippen MR) is 44.6 cm³/mol. The number of carbonyl (C=O) groups is 1. The minimum atomic E-state index is -0.859. The minimum Gasteiger partial charge on any atom is -0.355 e. The molecule has 12 heavy (non-hydrogen) atoms. The van der Waals surface area contributed by atoms with Gasteiger partial charge in [-0.1, -0.05) is 6.92 Å². The van der Waals surface area contributed by atoms with Gasteiger partial charge < -0.3 is 10.6 Å². The number of halogens is 1. The topological polar surface area (TPSA) is 41.1 Å². The Hall–Kier alpha value is -0.640. The van der Waals surface area contributed by atoms with Crippen LogP contribution >= 0.6 is 0 Å². The normalized spacial score (nSPS) is 28.8. The van der Waals surface area contributed by atoms with E-state index >= 15 is 0 Å². The fourth-order valence-corrected chi connectivity index (χ4v) is 1.26. The summed E-state index contributed by atoms with van der Waals surface area (Å²) in [6, 6.07) is -0.313. The van der Waals surface area contributed by atoms with Gasteiger partial charge in [0.05, 0.1) is 6.04 Å². The molecule has 1 fully saturated rings. The molecule has 1 heterocycles. The monoisotopic (exact) mass is 174 g/mol. The van der Waals surface area contributed by atoms with E-state index in [-0.39, 0.29) is 11.9 Å². The third-order valence-corrected chi connectivity index (χ3v) is 1.94. The fourth-order valence-electron chi connectivity index (χ4n) is 1.26. The molecule has 0 spiro atoms. The molecule has 0 saturated carbocycles. The molecule has 1 aliphatic heterocycles. The zero-order chi connectivity index (χ0) is 8.97. The van der Waals surface area contributed by atoms with Crippen molar-refractivity contribution >= 4 is 5.91 Å². The first-order valence-corrected chi connectivity index (χ1v) is 4.39. The van der Waals surface area contributed by atoms with Crippen molar-refractivity contribution in [1.82, 2.24) is 10.6 Å². The standard InChI is InChI=1S/C8H15FN2O/c1-2-3-10-8(12)7-4-6(9)5-11-7/h6-7,11H,2-5H2,1H3,(H,10,12)/t6-,7-/m0/s1. The number of nitrogens with one attached hydrogen (secondary N) is 2. The molecule has 1 aliphatic rings.